The Morgan fingerprint density at radius 2 is 2.23 bits per heavy atom. The summed E-state index contributed by atoms with van der Waals surface area (Å²) < 4.78 is 7.01. The number of fused-ring (bicyclic) bond motifs is 1. The standard InChI is InChI=1S/C10H13N7O4S/c11-16-15-9-13-7-6(8(18)14-9)22-10(19)17(7)5-2-1-4(21-5)3-12-20/h4-5,9,13H,1-3H2,(H2,11,15)(H,14,18)/t4-,5+,9?/m0/s1. The fraction of sp³-hybridized carbons (Fsp3) is 0.600. The molecule has 3 heterocycles. The van der Waals surface area contributed by atoms with Crippen molar-refractivity contribution in [3.05, 3.63) is 19.5 Å². The third-order valence-corrected chi connectivity index (χ3v) is 4.40. The summed E-state index contributed by atoms with van der Waals surface area (Å²) in [5.74, 6) is -0.107. The number of rotatable bonds is 5. The molecule has 1 aromatic heterocycles. The van der Waals surface area contributed by atoms with E-state index in [1.54, 1.807) is 0 Å². The molecule has 0 bridgehead atoms. The van der Waals surface area contributed by atoms with E-state index in [9.17, 15) is 14.5 Å². The molecule has 12 heteroatoms. The zero-order chi connectivity index (χ0) is 15.7. The number of hydrogen-bond donors (Lipinski definition) is 4. The molecule has 0 aromatic carbocycles. The van der Waals surface area contributed by atoms with Gasteiger partial charge in [0.15, 0.2) is 6.29 Å². The minimum absolute atomic E-state index is 0.0351. The minimum atomic E-state index is -0.786. The Hall–Kier alpha value is -2.34. The maximum atomic E-state index is 12.2. The van der Waals surface area contributed by atoms with E-state index in [0.717, 1.165) is 11.3 Å². The first kappa shape index (κ1) is 14.6. The average molecular weight is 327 g/mol. The molecule has 2 aliphatic rings. The van der Waals surface area contributed by atoms with Crippen molar-refractivity contribution >= 4 is 23.1 Å². The highest BCUT2D eigenvalue weighted by Gasteiger charge is 2.35. The molecule has 3 atom stereocenters. The molecule has 2 aliphatic heterocycles. The number of amides is 1. The maximum absolute atomic E-state index is 12.2. The molecule has 1 fully saturated rings. The first-order valence-corrected chi connectivity index (χ1v) is 7.35. The molecular formula is C10H13N7O4S. The summed E-state index contributed by atoms with van der Waals surface area (Å²) in [6.07, 6.45) is -0.492. The maximum Gasteiger partial charge on any atom is 0.311 e. The third kappa shape index (κ3) is 2.46. The number of thiazole rings is 1. The number of ether oxygens (including phenoxy) is 1. The van der Waals surface area contributed by atoms with Gasteiger partial charge in [-0.3, -0.25) is 19.6 Å². The highest BCUT2D eigenvalue weighted by atomic mass is 32.1. The van der Waals surface area contributed by atoms with E-state index in [1.165, 1.54) is 4.57 Å². The highest BCUT2D eigenvalue weighted by molar-refractivity contribution is 7.12. The van der Waals surface area contributed by atoms with Gasteiger partial charge in [0.05, 0.1) is 6.10 Å². The topological polar surface area (TPSA) is 150 Å². The monoisotopic (exact) mass is 327 g/mol. The van der Waals surface area contributed by atoms with Crippen molar-refractivity contribution in [2.75, 3.05) is 11.9 Å². The van der Waals surface area contributed by atoms with E-state index in [0.29, 0.717) is 18.7 Å². The molecule has 1 unspecified atom stereocenters. The van der Waals surface area contributed by atoms with Crippen LogP contribution in [0.25, 0.3) is 0 Å². The number of aromatic nitrogens is 1. The van der Waals surface area contributed by atoms with Crippen LogP contribution in [0.5, 0.6) is 0 Å². The largest absolute Gasteiger partial charge is 0.353 e. The first-order valence-electron chi connectivity index (χ1n) is 6.53. The fourth-order valence-corrected chi connectivity index (χ4v) is 3.42. The van der Waals surface area contributed by atoms with E-state index in [1.807, 2.05) is 0 Å². The predicted molar refractivity (Wildman–Crippen MR) is 75.5 cm³/mol. The van der Waals surface area contributed by atoms with Crippen LogP contribution >= 0.6 is 11.3 Å². The smallest absolute Gasteiger partial charge is 0.311 e. The Morgan fingerprint density at radius 3 is 2.95 bits per heavy atom. The van der Waals surface area contributed by atoms with E-state index in [2.05, 4.69) is 26.5 Å². The van der Waals surface area contributed by atoms with Gasteiger partial charge in [0, 0.05) is 0 Å². The molecule has 0 spiro atoms. The number of anilines is 1. The lowest BCUT2D eigenvalue weighted by atomic mass is 10.2. The van der Waals surface area contributed by atoms with Crippen molar-refractivity contribution in [1.82, 2.24) is 15.3 Å². The Labute approximate surface area is 127 Å². The van der Waals surface area contributed by atoms with Crippen LogP contribution in [-0.2, 0) is 4.74 Å². The van der Waals surface area contributed by atoms with Crippen LogP contribution in [0, 0.1) is 10.4 Å². The van der Waals surface area contributed by atoms with Crippen LogP contribution in [0.2, 0.25) is 0 Å². The molecule has 11 nitrogen and oxygen atoms in total. The number of nitrogens with one attached hydrogen (secondary N) is 4. The van der Waals surface area contributed by atoms with Crippen molar-refractivity contribution in [2.45, 2.75) is 31.5 Å². The zero-order valence-electron chi connectivity index (χ0n) is 11.2. The Kier molecular flexibility index (Phi) is 3.85. The van der Waals surface area contributed by atoms with Crippen molar-refractivity contribution in [1.29, 1.82) is 5.53 Å². The molecule has 4 N–H and O–H groups in total. The van der Waals surface area contributed by atoms with Crippen molar-refractivity contribution in [3.63, 3.8) is 0 Å². The van der Waals surface area contributed by atoms with Gasteiger partial charge in [-0.2, -0.15) is 10.4 Å². The quantitative estimate of drug-likeness (QED) is 0.347. The number of carbonyl (C=O) groups is 1. The summed E-state index contributed by atoms with van der Waals surface area (Å²) in [7, 11) is 0. The van der Waals surface area contributed by atoms with Crippen molar-refractivity contribution < 1.29 is 9.53 Å². The van der Waals surface area contributed by atoms with Crippen molar-refractivity contribution in [3.8, 4) is 0 Å². The molecule has 1 aromatic rings. The molecule has 1 saturated heterocycles. The molecule has 0 radical (unpaired) electrons. The van der Waals surface area contributed by atoms with E-state index in [-0.39, 0.29) is 22.4 Å². The van der Waals surface area contributed by atoms with Gasteiger partial charge in [0.25, 0.3) is 5.91 Å². The highest BCUT2D eigenvalue weighted by Crippen LogP contribution is 2.33. The number of nitroso groups, excluding NO2 is 1. The van der Waals surface area contributed by atoms with Crippen LogP contribution in [-0.4, -0.2) is 29.4 Å². The second-order valence-corrected chi connectivity index (χ2v) is 5.77. The van der Waals surface area contributed by atoms with E-state index < -0.39 is 18.4 Å². The number of hydrogen-bond acceptors (Lipinski definition) is 9. The SMILES string of the molecule is N=NNC1NC(=O)c2sc(=O)n([C@H]3CC[C@@H](CN=O)O3)c2N1. The fourth-order valence-electron chi connectivity index (χ4n) is 2.53. The van der Waals surface area contributed by atoms with Gasteiger partial charge in [0.1, 0.15) is 23.5 Å². The van der Waals surface area contributed by atoms with E-state index >= 15 is 0 Å². The lowest BCUT2D eigenvalue weighted by Crippen LogP contribution is -2.52. The zero-order valence-corrected chi connectivity index (χ0v) is 12.1. The van der Waals surface area contributed by atoms with Crippen LogP contribution in [0.4, 0.5) is 5.82 Å². The third-order valence-electron chi connectivity index (χ3n) is 3.45. The first-order chi connectivity index (χ1) is 10.6. The summed E-state index contributed by atoms with van der Waals surface area (Å²) in [4.78, 5) is 34.4. The Morgan fingerprint density at radius 1 is 1.41 bits per heavy atom. The second-order valence-electron chi connectivity index (χ2n) is 4.81. The van der Waals surface area contributed by atoms with Gasteiger partial charge in [-0.05, 0) is 12.8 Å². The molecule has 0 saturated carbocycles. The lowest BCUT2D eigenvalue weighted by Gasteiger charge is -2.26. The lowest BCUT2D eigenvalue weighted by molar-refractivity contribution is 0.00652. The van der Waals surface area contributed by atoms with Crippen LogP contribution in [0.3, 0.4) is 0 Å². The summed E-state index contributed by atoms with van der Waals surface area (Å²) in [6, 6.07) is 0. The number of carbonyl (C=O) groups excluding carboxylic acids is 1. The van der Waals surface area contributed by atoms with Crippen molar-refractivity contribution in [2.24, 2.45) is 10.4 Å². The van der Waals surface area contributed by atoms with Gasteiger partial charge in [-0.15, -0.1) is 0 Å². The average Bonchev–Trinajstić information content (AvgIpc) is 3.04. The van der Waals surface area contributed by atoms with Crippen LogP contribution in [0.15, 0.2) is 15.2 Å². The van der Waals surface area contributed by atoms with Crippen LogP contribution < -0.4 is 20.9 Å². The van der Waals surface area contributed by atoms with Crippen LogP contribution in [0.1, 0.15) is 28.7 Å². The van der Waals surface area contributed by atoms with Gasteiger partial charge >= 0.3 is 4.87 Å². The van der Waals surface area contributed by atoms with Gasteiger partial charge in [0.2, 0.25) is 0 Å². The van der Waals surface area contributed by atoms with E-state index in [4.69, 9.17) is 10.3 Å². The molecule has 1 amide bonds. The Balaban J connectivity index is 1.90. The minimum Gasteiger partial charge on any atom is -0.353 e. The number of nitrogens with zero attached hydrogens (tertiary/aromatic N) is 3. The van der Waals surface area contributed by atoms with Gasteiger partial charge in [-0.25, -0.2) is 0 Å². The normalized spacial score (nSPS) is 26.7. The molecule has 118 valence electrons. The Bertz CT molecular complexity index is 671. The molecular weight excluding hydrogens is 314 g/mol. The summed E-state index contributed by atoms with van der Waals surface area (Å²) in [5.41, 5.74) is 9.13. The summed E-state index contributed by atoms with van der Waals surface area (Å²) >= 11 is 0.809. The molecule has 3 rings (SSSR count). The summed E-state index contributed by atoms with van der Waals surface area (Å²) in [5, 5.41) is 11.2. The second kappa shape index (κ2) is 5.81. The molecule has 0 aliphatic carbocycles. The predicted octanol–water partition coefficient (Wildman–Crippen LogP) is 0.328. The van der Waals surface area contributed by atoms with Gasteiger partial charge < -0.3 is 15.4 Å². The van der Waals surface area contributed by atoms with Gasteiger partial charge in [-0.1, -0.05) is 21.7 Å². The summed E-state index contributed by atoms with van der Waals surface area (Å²) in [6.45, 7) is 0.0351. The molecule has 22 heavy (non-hydrogen) atoms.